The van der Waals surface area contributed by atoms with Gasteiger partial charge in [-0.3, -0.25) is 9.59 Å². The molecule has 0 radical (unpaired) electrons. The third-order valence-electron chi connectivity index (χ3n) is 5.03. The van der Waals surface area contributed by atoms with E-state index in [1.54, 1.807) is 0 Å². The highest BCUT2D eigenvalue weighted by atomic mass is 19.3. The summed E-state index contributed by atoms with van der Waals surface area (Å²) in [6.07, 6.45) is -5.81. The van der Waals surface area contributed by atoms with E-state index >= 15 is 0 Å². The molecule has 3 rings (SSSR count). The van der Waals surface area contributed by atoms with Crippen LogP contribution in [-0.4, -0.2) is 17.7 Å². The summed E-state index contributed by atoms with van der Waals surface area (Å²) in [5, 5.41) is 0. The Morgan fingerprint density at radius 2 is 1.00 bits per heavy atom. The van der Waals surface area contributed by atoms with Crippen molar-refractivity contribution in [2.75, 3.05) is 0 Å². The first-order valence-corrected chi connectivity index (χ1v) is 10.2. The summed E-state index contributed by atoms with van der Waals surface area (Å²) < 4.78 is 94.3. The molecule has 1 aliphatic heterocycles. The lowest BCUT2D eigenvalue weighted by atomic mass is 9.75. The average molecular weight is 516 g/mol. The van der Waals surface area contributed by atoms with E-state index in [-0.39, 0.29) is 24.3 Å². The highest BCUT2D eigenvalue weighted by Gasteiger charge is 2.56. The van der Waals surface area contributed by atoms with Gasteiger partial charge in [0.15, 0.2) is 5.41 Å². The van der Waals surface area contributed by atoms with Gasteiger partial charge in [0.2, 0.25) is 0 Å². The molecule has 2 aromatic rings. The van der Waals surface area contributed by atoms with Gasteiger partial charge in [-0.05, 0) is 48.2 Å². The number of rotatable bonds is 8. The lowest BCUT2D eigenvalue weighted by molar-refractivity contribution is -0.251. The lowest BCUT2D eigenvalue weighted by Crippen LogP contribution is -2.56. The van der Waals surface area contributed by atoms with Gasteiger partial charge in [-0.2, -0.15) is 26.3 Å². The Hall–Kier alpha value is -3.96. The second-order valence-corrected chi connectivity index (χ2v) is 8.17. The highest BCUT2D eigenvalue weighted by molar-refractivity contribution is 6.02. The molecule has 1 aliphatic rings. The van der Waals surface area contributed by atoms with Crippen LogP contribution in [0.4, 0.5) is 26.3 Å². The molecule has 0 spiro atoms. The van der Waals surface area contributed by atoms with Gasteiger partial charge >= 0.3 is 36.1 Å². The van der Waals surface area contributed by atoms with Crippen molar-refractivity contribution >= 4 is 11.9 Å². The largest absolute Gasteiger partial charge is 0.428 e. The number of carbonyl (C=O) groups is 2. The van der Waals surface area contributed by atoms with Crippen LogP contribution in [0.3, 0.4) is 0 Å². The van der Waals surface area contributed by atoms with Gasteiger partial charge < -0.3 is 18.9 Å². The minimum absolute atomic E-state index is 0.255. The first-order valence-electron chi connectivity index (χ1n) is 10.2. The van der Waals surface area contributed by atoms with E-state index in [1.807, 2.05) is 0 Å². The van der Waals surface area contributed by atoms with Crippen LogP contribution >= 0.6 is 0 Å². The van der Waals surface area contributed by atoms with E-state index in [9.17, 15) is 35.9 Å². The fourth-order valence-corrected chi connectivity index (χ4v) is 3.43. The van der Waals surface area contributed by atoms with Crippen LogP contribution in [0.5, 0.6) is 11.5 Å². The maximum Gasteiger partial charge on any atom is 0.344 e. The molecule has 1 saturated heterocycles. The van der Waals surface area contributed by atoms with Crippen LogP contribution < -0.4 is 9.47 Å². The smallest absolute Gasteiger partial charge is 0.344 e. The third-order valence-corrected chi connectivity index (χ3v) is 5.03. The van der Waals surface area contributed by atoms with Crippen LogP contribution in [0.2, 0.25) is 0 Å². The predicted octanol–water partition coefficient (Wildman–Crippen LogP) is 6.12. The van der Waals surface area contributed by atoms with Crippen molar-refractivity contribution in [1.82, 2.24) is 0 Å². The number of benzene rings is 2. The molecule has 0 N–H and O–H groups in total. The topological polar surface area (TPSA) is 71.1 Å². The van der Waals surface area contributed by atoms with Crippen LogP contribution in [-0.2, 0) is 31.9 Å². The predicted molar refractivity (Wildman–Crippen MR) is 111 cm³/mol. The van der Waals surface area contributed by atoms with Crippen molar-refractivity contribution in [3.8, 4) is 11.5 Å². The number of cyclic esters (lactones) is 2. The second kappa shape index (κ2) is 10.3. The number of carbonyl (C=O) groups excluding carboxylic acids is 2. The van der Waals surface area contributed by atoms with E-state index < -0.39 is 47.3 Å². The third kappa shape index (κ3) is 6.18. The summed E-state index contributed by atoms with van der Waals surface area (Å²) in [5.41, 5.74) is -1.19. The van der Waals surface area contributed by atoms with Crippen LogP contribution in [0.15, 0.2) is 72.7 Å². The van der Waals surface area contributed by atoms with E-state index in [4.69, 9.17) is 9.47 Å². The van der Waals surface area contributed by atoms with Crippen LogP contribution in [0, 0.1) is 5.41 Å². The molecule has 0 bridgehead atoms. The molecule has 192 valence electrons. The second-order valence-electron chi connectivity index (χ2n) is 8.17. The zero-order valence-electron chi connectivity index (χ0n) is 18.8. The van der Waals surface area contributed by atoms with E-state index in [0.29, 0.717) is 11.1 Å². The number of hydrogen-bond donors (Lipinski definition) is 0. The van der Waals surface area contributed by atoms with E-state index in [0.717, 1.165) is 24.3 Å². The Bertz CT molecular complexity index is 1100. The van der Waals surface area contributed by atoms with Crippen molar-refractivity contribution in [1.29, 1.82) is 0 Å². The minimum atomic E-state index is -2.64. The SMILES string of the molecule is CC1(C)OC(=O)C(Cc2ccc(OC(F)=C(F)F)cc2)(Cc2ccc(OC(F)=C(F)F)cc2)C(=O)O1. The zero-order chi connectivity index (χ0) is 26.7. The normalized spacial score (nSPS) is 15.9. The Morgan fingerprint density at radius 1 is 0.667 bits per heavy atom. The number of ether oxygens (including phenoxy) is 4. The van der Waals surface area contributed by atoms with Crippen LogP contribution in [0.25, 0.3) is 0 Å². The average Bonchev–Trinajstić information content (AvgIpc) is 2.79. The highest BCUT2D eigenvalue weighted by Crippen LogP contribution is 2.39. The van der Waals surface area contributed by atoms with Crippen molar-refractivity contribution in [3.63, 3.8) is 0 Å². The summed E-state index contributed by atoms with van der Waals surface area (Å²) in [6.45, 7) is 2.73. The van der Waals surface area contributed by atoms with Gasteiger partial charge in [-0.1, -0.05) is 24.3 Å². The van der Waals surface area contributed by atoms with Crippen molar-refractivity contribution < 1.29 is 54.9 Å². The van der Waals surface area contributed by atoms with Crippen LogP contribution in [0.1, 0.15) is 25.0 Å². The molecule has 0 aliphatic carbocycles. The fourth-order valence-electron chi connectivity index (χ4n) is 3.43. The number of esters is 2. The standard InChI is InChI=1S/C24H18F6O6/c1-23(2)35-21(31)24(22(32)36-23,11-13-3-7-15(8-4-13)33-19(29)17(25)26)12-14-5-9-16(10-6-14)34-20(30)18(27)28/h3-10H,11-12H2,1-2H3. The summed E-state index contributed by atoms with van der Waals surface area (Å²) >= 11 is 0. The molecule has 1 fully saturated rings. The molecule has 0 aromatic heterocycles. The quantitative estimate of drug-likeness (QED) is 0.182. The van der Waals surface area contributed by atoms with E-state index in [1.165, 1.54) is 38.1 Å². The summed E-state index contributed by atoms with van der Waals surface area (Å²) in [5.74, 6) is -3.87. The Balaban J connectivity index is 1.89. The van der Waals surface area contributed by atoms with Gasteiger partial charge in [0.05, 0.1) is 0 Å². The number of hydrogen-bond acceptors (Lipinski definition) is 6. The maximum atomic E-state index is 13.1. The first kappa shape index (κ1) is 26.6. The zero-order valence-corrected chi connectivity index (χ0v) is 18.8. The monoisotopic (exact) mass is 516 g/mol. The molecule has 12 heteroatoms. The van der Waals surface area contributed by atoms with Crippen molar-refractivity contribution in [3.05, 3.63) is 83.8 Å². The molecular formula is C24H18F6O6. The number of halogens is 6. The van der Waals surface area contributed by atoms with Gasteiger partial charge in [0.25, 0.3) is 5.79 Å². The lowest BCUT2D eigenvalue weighted by Gasteiger charge is -2.40. The van der Waals surface area contributed by atoms with Gasteiger partial charge in [-0.25, -0.2) is 0 Å². The Labute approximate surface area is 200 Å². The molecule has 0 amide bonds. The van der Waals surface area contributed by atoms with Gasteiger partial charge in [-0.15, -0.1) is 0 Å². The summed E-state index contributed by atoms with van der Waals surface area (Å²) in [6, 6.07) is 5.82. The van der Waals surface area contributed by atoms with Crippen molar-refractivity contribution in [2.24, 2.45) is 5.41 Å². The minimum Gasteiger partial charge on any atom is -0.428 e. The molecular weight excluding hydrogens is 498 g/mol. The first-order chi connectivity index (χ1) is 16.8. The molecule has 2 aromatic carbocycles. The fraction of sp³-hybridized carbons (Fsp3) is 0.250. The molecule has 0 saturated carbocycles. The molecule has 6 nitrogen and oxygen atoms in total. The Kier molecular flexibility index (Phi) is 7.65. The summed E-state index contributed by atoms with van der Waals surface area (Å²) in [4.78, 5) is 26.2. The van der Waals surface area contributed by atoms with Crippen molar-refractivity contribution in [2.45, 2.75) is 32.5 Å². The van der Waals surface area contributed by atoms with Gasteiger partial charge in [0.1, 0.15) is 11.5 Å². The molecule has 0 atom stereocenters. The molecule has 1 heterocycles. The Morgan fingerprint density at radius 3 is 1.31 bits per heavy atom. The van der Waals surface area contributed by atoms with Gasteiger partial charge in [0, 0.05) is 13.8 Å². The summed E-state index contributed by atoms with van der Waals surface area (Å²) in [7, 11) is 0. The molecule has 0 unspecified atom stereocenters. The maximum absolute atomic E-state index is 13.1. The van der Waals surface area contributed by atoms with E-state index in [2.05, 4.69) is 9.47 Å². The molecule has 36 heavy (non-hydrogen) atoms.